The number of halogens is 1. The Hall–Kier alpha value is -1.49. The third kappa shape index (κ3) is 4.03. The molecule has 2 rings (SSSR count). The maximum atomic E-state index is 12.6. The summed E-state index contributed by atoms with van der Waals surface area (Å²) >= 11 is 5.63. The molecule has 0 saturated carbocycles. The molecule has 0 unspecified atom stereocenters. The number of rotatable bonds is 6. The Kier molecular flexibility index (Phi) is 5.51. The monoisotopic (exact) mass is 342 g/mol. The third-order valence-corrected chi connectivity index (χ3v) is 5.40. The number of nitrogens with zero attached hydrogens (tertiary/aromatic N) is 2. The lowest BCUT2D eigenvalue weighted by molar-refractivity contribution is 0.470. The molecule has 1 aliphatic rings. The van der Waals surface area contributed by atoms with Crippen molar-refractivity contribution < 1.29 is 8.42 Å². The summed E-state index contributed by atoms with van der Waals surface area (Å²) in [7, 11) is -3.61. The molecule has 8 heteroatoms. The topological polar surface area (TPSA) is 85.2 Å². The minimum absolute atomic E-state index is 0.233. The molecule has 0 aromatic heterocycles. The average Bonchev–Trinajstić information content (AvgIpc) is 2.93. The molecule has 1 aromatic rings. The summed E-state index contributed by atoms with van der Waals surface area (Å²) in [5.74, 6) is 0.445. The van der Waals surface area contributed by atoms with Gasteiger partial charge in [-0.15, -0.1) is 11.6 Å². The van der Waals surface area contributed by atoms with E-state index in [0.29, 0.717) is 37.5 Å². The second-order valence-electron chi connectivity index (χ2n) is 5.25. The Morgan fingerprint density at radius 1 is 1.50 bits per heavy atom. The number of nitrogens with one attached hydrogen (secondary N) is 2. The number of benzene rings is 1. The van der Waals surface area contributed by atoms with Gasteiger partial charge in [0.15, 0.2) is 6.19 Å². The van der Waals surface area contributed by atoms with Crippen LogP contribution in [-0.2, 0) is 10.0 Å². The Morgan fingerprint density at radius 3 is 2.91 bits per heavy atom. The first kappa shape index (κ1) is 16.9. The molecule has 120 valence electrons. The zero-order valence-electron chi connectivity index (χ0n) is 12.3. The normalized spacial score (nSPS) is 18.2. The van der Waals surface area contributed by atoms with E-state index < -0.39 is 10.0 Å². The van der Waals surface area contributed by atoms with Gasteiger partial charge in [0.25, 0.3) is 0 Å². The van der Waals surface area contributed by atoms with Gasteiger partial charge in [0.05, 0.1) is 4.90 Å². The van der Waals surface area contributed by atoms with Crippen molar-refractivity contribution in [1.29, 1.82) is 5.26 Å². The second-order valence-corrected chi connectivity index (χ2v) is 7.31. The Balaban J connectivity index is 2.16. The number of nitriles is 1. The van der Waals surface area contributed by atoms with Gasteiger partial charge in [-0.3, -0.25) is 0 Å². The van der Waals surface area contributed by atoms with E-state index in [-0.39, 0.29) is 10.9 Å². The molecular formula is C14H19ClN4O2S. The molecule has 6 nitrogen and oxygen atoms in total. The van der Waals surface area contributed by atoms with Crippen LogP contribution in [0.25, 0.3) is 0 Å². The van der Waals surface area contributed by atoms with Crippen molar-refractivity contribution >= 4 is 27.3 Å². The Morgan fingerprint density at radius 2 is 2.27 bits per heavy atom. The van der Waals surface area contributed by atoms with Gasteiger partial charge in [0, 0.05) is 37.2 Å². The van der Waals surface area contributed by atoms with Crippen LogP contribution in [0.15, 0.2) is 23.1 Å². The van der Waals surface area contributed by atoms with Gasteiger partial charge >= 0.3 is 0 Å². The smallest absolute Gasteiger partial charge is 0.241 e. The SMILES string of the molecule is Cc1ccc(NCCCl)cc1S(=O)(=O)N[C@@H]1CCN(C#N)C1. The van der Waals surface area contributed by atoms with Crippen molar-refractivity contribution in [3.05, 3.63) is 23.8 Å². The minimum atomic E-state index is -3.61. The van der Waals surface area contributed by atoms with Crippen LogP contribution in [0, 0.1) is 18.4 Å². The van der Waals surface area contributed by atoms with Gasteiger partial charge in [-0.25, -0.2) is 13.1 Å². The summed E-state index contributed by atoms with van der Waals surface area (Å²) < 4.78 is 27.8. The lowest BCUT2D eigenvalue weighted by atomic mass is 10.2. The largest absolute Gasteiger partial charge is 0.384 e. The van der Waals surface area contributed by atoms with Crippen LogP contribution in [0.4, 0.5) is 5.69 Å². The van der Waals surface area contributed by atoms with Gasteiger partial charge < -0.3 is 10.2 Å². The number of anilines is 1. The van der Waals surface area contributed by atoms with Crippen LogP contribution in [-0.4, -0.2) is 44.9 Å². The molecule has 1 saturated heterocycles. The fraction of sp³-hybridized carbons (Fsp3) is 0.500. The van der Waals surface area contributed by atoms with Crippen LogP contribution >= 0.6 is 11.6 Å². The molecule has 0 spiro atoms. The molecular weight excluding hydrogens is 324 g/mol. The molecule has 2 N–H and O–H groups in total. The number of alkyl halides is 1. The van der Waals surface area contributed by atoms with Crippen LogP contribution in [0.3, 0.4) is 0 Å². The molecule has 1 aliphatic heterocycles. The van der Waals surface area contributed by atoms with Gasteiger partial charge in [0.1, 0.15) is 0 Å². The lowest BCUT2D eigenvalue weighted by Crippen LogP contribution is -2.36. The molecule has 1 fully saturated rings. The van der Waals surface area contributed by atoms with E-state index in [1.54, 1.807) is 24.0 Å². The first-order valence-corrected chi connectivity index (χ1v) is 9.05. The molecule has 0 aliphatic carbocycles. The van der Waals surface area contributed by atoms with Crippen molar-refractivity contribution in [1.82, 2.24) is 9.62 Å². The first-order chi connectivity index (χ1) is 10.5. The predicted octanol–water partition coefficient (Wildman–Crippen LogP) is 1.48. The van der Waals surface area contributed by atoms with E-state index in [9.17, 15) is 8.42 Å². The summed E-state index contributed by atoms with van der Waals surface area (Å²) in [6, 6.07) is 4.97. The highest BCUT2D eigenvalue weighted by molar-refractivity contribution is 7.89. The Labute approximate surface area is 136 Å². The highest BCUT2D eigenvalue weighted by Crippen LogP contribution is 2.21. The summed E-state index contributed by atoms with van der Waals surface area (Å²) in [6.07, 6.45) is 2.67. The van der Waals surface area contributed by atoms with E-state index in [1.807, 2.05) is 12.3 Å². The Bertz CT molecular complexity index is 672. The third-order valence-electron chi connectivity index (χ3n) is 3.55. The summed E-state index contributed by atoms with van der Waals surface area (Å²) in [5, 5.41) is 11.9. The van der Waals surface area contributed by atoms with E-state index in [4.69, 9.17) is 16.9 Å². The average molecular weight is 343 g/mol. The highest BCUT2D eigenvalue weighted by Gasteiger charge is 2.27. The maximum Gasteiger partial charge on any atom is 0.241 e. The van der Waals surface area contributed by atoms with Crippen molar-refractivity contribution in [3.8, 4) is 6.19 Å². The standard InChI is InChI=1S/C14H19ClN4O2S/c1-11-2-3-12(17-6-5-15)8-14(11)22(20,21)18-13-4-7-19(9-13)10-16/h2-3,8,13,17-18H,4-7,9H2,1H3/t13-/m1/s1. The fourth-order valence-electron chi connectivity index (χ4n) is 2.42. The zero-order chi connectivity index (χ0) is 16.2. The zero-order valence-corrected chi connectivity index (χ0v) is 13.9. The maximum absolute atomic E-state index is 12.6. The predicted molar refractivity (Wildman–Crippen MR) is 86.3 cm³/mol. The van der Waals surface area contributed by atoms with Crippen molar-refractivity contribution in [3.63, 3.8) is 0 Å². The quantitative estimate of drug-likeness (QED) is 0.604. The van der Waals surface area contributed by atoms with Crippen LogP contribution in [0.2, 0.25) is 0 Å². The van der Waals surface area contributed by atoms with Crippen molar-refractivity contribution in [2.45, 2.75) is 24.3 Å². The second kappa shape index (κ2) is 7.18. The van der Waals surface area contributed by atoms with E-state index in [1.165, 1.54) is 0 Å². The molecule has 0 radical (unpaired) electrons. The summed E-state index contributed by atoms with van der Waals surface area (Å²) in [5.41, 5.74) is 1.40. The summed E-state index contributed by atoms with van der Waals surface area (Å²) in [6.45, 7) is 3.33. The minimum Gasteiger partial charge on any atom is -0.384 e. The van der Waals surface area contributed by atoms with Crippen molar-refractivity contribution in [2.75, 3.05) is 30.8 Å². The molecule has 1 atom stereocenters. The van der Waals surface area contributed by atoms with Gasteiger partial charge in [-0.2, -0.15) is 5.26 Å². The van der Waals surface area contributed by atoms with Crippen molar-refractivity contribution in [2.24, 2.45) is 0 Å². The molecule has 22 heavy (non-hydrogen) atoms. The molecule has 0 amide bonds. The van der Waals surface area contributed by atoms with E-state index in [0.717, 1.165) is 5.69 Å². The fourth-order valence-corrected chi connectivity index (χ4v) is 4.05. The van der Waals surface area contributed by atoms with Gasteiger partial charge in [-0.1, -0.05) is 6.07 Å². The number of hydrogen-bond donors (Lipinski definition) is 2. The van der Waals surface area contributed by atoms with Gasteiger partial charge in [-0.05, 0) is 31.0 Å². The van der Waals surface area contributed by atoms with Crippen LogP contribution < -0.4 is 10.0 Å². The first-order valence-electron chi connectivity index (χ1n) is 7.04. The van der Waals surface area contributed by atoms with E-state index >= 15 is 0 Å². The number of likely N-dealkylation sites (tertiary alicyclic amines) is 1. The lowest BCUT2D eigenvalue weighted by Gasteiger charge is -2.15. The number of hydrogen-bond acceptors (Lipinski definition) is 5. The highest BCUT2D eigenvalue weighted by atomic mass is 35.5. The number of sulfonamides is 1. The molecule has 0 bridgehead atoms. The van der Waals surface area contributed by atoms with Gasteiger partial charge in [0.2, 0.25) is 10.0 Å². The molecule has 1 aromatic carbocycles. The van der Waals surface area contributed by atoms with E-state index in [2.05, 4.69) is 10.0 Å². The van der Waals surface area contributed by atoms with Crippen LogP contribution in [0.5, 0.6) is 0 Å². The molecule has 1 heterocycles. The number of aryl methyl sites for hydroxylation is 1. The summed E-state index contributed by atoms with van der Waals surface area (Å²) in [4.78, 5) is 1.81. The van der Waals surface area contributed by atoms with Crippen LogP contribution in [0.1, 0.15) is 12.0 Å².